The molecule has 2 atom stereocenters. The molecular weight excluding hydrogens is 296 g/mol. The van der Waals surface area contributed by atoms with Crippen LogP contribution >= 0.6 is 0 Å². The zero-order valence-electron chi connectivity index (χ0n) is 12.4. The number of sulfonamides is 1. The molecule has 2 fully saturated rings. The van der Waals surface area contributed by atoms with E-state index in [1.54, 1.807) is 4.90 Å². The van der Waals surface area contributed by atoms with E-state index in [1.807, 2.05) is 6.92 Å². The minimum Gasteiger partial charge on any atom is -0.394 e. The van der Waals surface area contributed by atoms with E-state index in [0.29, 0.717) is 32.8 Å². The summed E-state index contributed by atoms with van der Waals surface area (Å²) in [5.41, 5.74) is 0. The van der Waals surface area contributed by atoms with Crippen LogP contribution in [-0.2, 0) is 19.6 Å². The van der Waals surface area contributed by atoms with E-state index in [2.05, 4.69) is 0 Å². The molecule has 0 spiro atoms. The summed E-state index contributed by atoms with van der Waals surface area (Å²) in [6.07, 6.45) is 0.829. The SMILES string of the molecule is CC1CCN(C(=O)CCS(=O)(=O)N2CCOCC2)C1CO. The number of amides is 1. The maximum Gasteiger partial charge on any atom is 0.223 e. The summed E-state index contributed by atoms with van der Waals surface area (Å²) in [5, 5.41) is 9.35. The Morgan fingerprint density at radius 1 is 1.29 bits per heavy atom. The van der Waals surface area contributed by atoms with Gasteiger partial charge in [0.05, 0.1) is 31.6 Å². The second-order valence-corrected chi connectivity index (χ2v) is 7.77. The van der Waals surface area contributed by atoms with Crippen molar-refractivity contribution in [3.8, 4) is 0 Å². The summed E-state index contributed by atoms with van der Waals surface area (Å²) in [5.74, 6) is -0.0977. The number of aliphatic hydroxyl groups excluding tert-OH is 1. The van der Waals surface area contributed by atoms with Crippen molar-refractivity contribution in [2.45, 2.75) is 25.8 Å². The van der Waals surface area contributed by atoms with Crippen LogP contribution in [0.4, 0.5) is 0 Å². The minimum atomic E-state index is -3.40. The smallest absolute Gasteiger partial charge is 0.223 e. The molecule has 2 rings (SSSR count). The number of carbonyl (C=O) groups is 1. The Kier molecular flexibility index (Phi) is 5.59. The highest BCUT2D eigenvalue weighted by Gasteiger charge is 2.34. The fraction of sp³-hybridized carbons (Fsp3) is 0.923. The molecule has 0 aliphatic carbocycles. The summed E-state index contributed by atoms with van der Waals surface area (Å²) < 4.78 is 30.9. The van der Waals surface area contributed by atoms with Gasteiger partial charge in [-0.05, 0) is 12.3 Å². The minimum absolute atomic E-state index is 0.0249. The molecular formula is C13H24N2O5S. The highest BCUT2D eigenvalue weighted by atomic mass is 32.2. The van der Waals surface area contributed by atoms with E-state index in [0.717, 1.165) is 6.42 Å². The number of nitrogens with zero attached hydrogens (tertiary/aromatic N) is 2. The first-order valence-corrected chi connectivity index (χ1v) is 9.02. The zero-order chi connectivity index (χ0) is 15.5. The number of morpholine rings is 1. The lowest BCUT2D eigenvalue weighted by molar-refractivity contribution is -0.132. The first-order valence-electron chi connectivity index (χ1n) is 7.41. The van der Waals surface area contributed by atoms with Crippen LogP contribution in [0.5, 0.6) is 0 Å². The van der Waals surface area contributed by atoms with Crippen molar-refractivity contribution < 1.29 is 23.1 Å². The van der Waals surface area contributed by atoms with E-state index in [9.17, 15) is 18.3 Å². The number of aliphatic hydroxyl groups is 1. The fourth-order valence-corrected chi connectivity index (χ4v) is 4.31. The predicted octanol–water partition coefficient (Wildman–Crippen LogP) is -0.732. The second kappa shape index (κ2) is 7.04. The highest BCUT2D eigenvalue weighted by Crippen LogP contribution is 2.24. The molecule has 1 amide bonds. The van der Waals surface area contributed by atoms with Crippen LogP contribution in [-0.4, -0.2) is 79.9 Å². The van der Waals surface area contributed by atoms with Crippen molar-refractivity contribution in [3.63, 3.8) is 0 Å². The first kappa shape index (κ1) is 16.7. The Hall–Kier alpha value is -0.700. The Balaban J connectivity index is 1.88. The van der Waals surface area contributed by atoms with Gasteiger partial charge in [0, 0.05) is 26.1 Å². The molecule has 21 heavy (non-hydrogen) atoms. The fourth-order valence-electron chi connectivity index (χ4n) is 2.91. The van der Waals surface area contributed by atoms with Gasteiger partial charge >= 0.3 is 0 Å². The molecule has 2 unspecified atom stereocenters. The zero-order valence-corrected chi connectivity index (χ0v) is 13.2. The van der Waals surface area contributed by atoms with Crippen molar-refractivity contribution in [1.29, 1.82) is 0 Å². The molecule has 0 aromatic rings. The lowest BCUT2D eigenvalue weighted by atomic mass is 10.0. The van der Waals surface area contributed by atoms with Crippen LogP contribution in [0, 0.1) is 5.92 Å². The number of hydrogen-bond acceptors (Lipinski definition) is 5. The summed E-state index contributed by atoms with van der Waals surface area (Å²) in [7, 11) is -3.40. The van der Waals surface area contributed by atoms with Gasteiger partial charge in [0.25, 0.3) is 0 Å². The Morgan fingerprint density at radius 2 is 1.95 bits per heavy atom. The largest absolute Gasteiger partial charge is 0.394 e. The van der Waals surface area contributed by atoms with Crippen LogP contribution in [0.2, 0.25) is 0 Å². The third-order valence-corrected chi connectivity index (χ3v) is 6.20. The van der Waals surface area contributed by atoms with E-state index < -0.39 is 10.0 Å². The van der Waals surface area contributed by atoms with Crippen LogP contribution < -0.4 is 0 Å². The number of ether oxygens (including phenoxy) is 1. The molecule has 2 saturated heterocycles. The third-order valence-electron chi connectivity index (χ3n) is 4.33. The van der Waals surface area contributed by atoms with Crippen LogP contribution in [0.25, 0.3) is 0 Å². The van der Waals surface area contributed by atoms with Crippen LogP contribution in [0.3, 0.4) is 0 Å². The van der Waals surface area contributed by atoms with Gasteiger partial charge < -0.3 is 14.7 Å². The van der Waals surface area contributed by atoms with Crippen molar-refractivity contribution in [3.05, 3.63) is 0 Å². The molecule has 122 valence electrons. The number of hydrogen-bond donors (Lipinski definition) is 1. The van der Waals surface area contributed by atoms with E-state index in [-0.39, 0.29) is 36.6 Å². The summed E-state index contributed by atoms with van der Waals surface area (Å²) >= 11 is 0. The van der Waals surface area contributed by atoms with Gasteiger partial charge in [-0.15, -0.1) is 0 Å². The van der Waals surface area contributed by atoms with Gasteiger partial charge in [-0.1, -0.05) is 6.92 Å². The Bertz CT molecular complexity index is 461. The van der Waals surface area contributed by atoms with Gasteiger partial charge in [-0.3, -0.25) is 4.79 Å². The number of rotatable bonds is 5. The van der Waals surface area contributed by atoms with Crippen molar-refractivity contribution in [2.24, 2.45) is 5.92 Å². The summed E-state index contributed by atoms with van der Waals surface area (Å²) in [6.45, 7) is 4.06. The summed E-state index contributed by atoms with van der Waals surface area (Å²) in [4.78, 5) is 13.8. The molecule has 1 N–H and O–H groups in total. The van der Waals surface area contributed by atoms with E-state index >= 15 is 0 Å². The topological polar surface area (TPSA) is 87.2 Å². The maximum absolute atomic E-state index is 12.2. The van der Waals surface area contributed by atoms with Crippen molar-refractivity contribution in [1.82, 2.24) is 9.21 Å². The number of likely N-dealkylation sites (tertiary alicyclic amines) is 1. The third kappa shape index (κ3) is 3.94. The molecule has 2 aliphatic heterocycles. The molecule has 0 aromatic carbocycles. The standard InChI is InChI=1S/C13H24N2O5S/c1-11-2-4-15(12(11)10-16)13(17)3-9-21(18,19)14-5-7-20-8-6-14/h11-12,16H,2-10H2,1H3. The summed E-state index contributed by atoms with van der Waals surface area (Å²) in [6, 6.07) is -0.177. The van der Waals surface area contributed by atoms with Crippen molar-refractivity contribution in [2.75, 3.05) is 45.2 Å². The second-order valence-electron chi connectivity index (χ2n) is 5.68. The normalized spacial score (nSPS) is 28.0. The molecule has 8 heteroatoms. The molecule has 2 heterocycles. The molecule has 0 radical (unpaired) electrons. The molecule has 0 saturated carbocycles. The van der Waals surface area contributed by atoms with Crippen LogP contribution in [0.15, 0.2) is 0 Å². The van der Waals surface area contributed by atoms with Crippen LogP contribution in [0.1, 0.15) is 19.8 Å². The van der Waals surface area contributed by atoms with E-state index in [1.165, 1.54) is 4.31 Å². The van der Waals surface area contributed by atoms with Gasteiger partial charge in [0.1, 0.15) is 0 Å². The molecule has 2 aliphatic rings. The van der Waals surface area contributed by atoms with Gasteiger partial charge in [0.15, 0.2) is 0 Å². The highest BCUT2D eigenvalue weighted by molar-refractivity contribution is 7.89. The lowest BCUT2D eigenvalue weighted by Crippen LogP contribution is -2.44. The molecule has 0 bridgehead atoms. The van der Waals surface area contributed by atoms with Gasteiger partial charge in [0.2, 0.25) is 15.9 Å². The average molecular weight is 320 g/mol. The van der Waals surface area contributed by atoms with Crippen molar-refractivity contribution >= 4 is 15.9 Å². The van der Waals surface area contributed by atoms with E-state index in [4.69, 9.17) is 4.74 Å². The maximum atomic E-state index is 12.2. The van der Waals surface area contributed by atoms with Gasteiger partial charge in [-0.2, -0.15) is 4.31 Å². The van der Waals surface area contributed by atoms with Gasteiger partial charge in [-0.25, -0.2) is 8.42 Å². The Morgan fingerprint density at radius 3 is 2.57 bits per heavy atom. The molecule has 7 nitrogen and oxygen atoms in total. The average Bonchev–Trinajstić information content (AvgIpc) is 2.86. The lowest BCUT2D eigenvalue weighted by Gasteiger charge is -2.27. The Labute approximate surface area is 125 Å². The number of carbonyl (C=O) groups excluding carboxylic acids is 1. The quantitative estimate of drug-likeness (QED) is 0.721. The predicted molar refractivity (Wildman–Crippen MR) is 77.2 cm³/mol. The monoisotopic (exact) mass is 320 g/mol. The first-order chi connectivity index (χ1) is 9.95. The molecule has 0 aromatic heterocycles.